The van der Waals surface area contributed by atoms with Crippen LogP contribution in [0.3, 0.4) is 0 Å². The van der Waals surface area contributed by atoms with Crippen molar-refractivity contribution in [2.45, 2.75) is 32.2 Å². The number of alkyl carbamates (subject to hydrolysis) is 1. The minimum Gasteiger partial charge on any atom is -0.453 e. The summed E-state index contributed by atoms with van der Waals surface area (Å²) >= 11 is 0. The molecule has 64 valence electrons. The van der Waals surface area contributed by atoms with Crippen LogP contribution in [0.5, 0.6) is 0 Å². The zero-order valence-corrected chi connectivity index (χ0v) is 7.09. The van der Waals surface area contributed by atoms with Crippen LogP contribution in [0.2, 0.25) is 0 Å². The molecule has 0 radical (unpaired) electrons. The Bertz CT molecular complexity index is 147. The molecule has 0 unspecified atom stereocenters. The zero-order valence-electron chi connectivity index (χ0n) is 7.09. The van der Waals surface area contributed by atoms with Gasteiger partial charge in [-0.05, 0) is 18.8 Å². The molecule has 3 heteroatoms. The molecule has 1 rings (SSSR count). The van der Waals surface area contributed by atoms with Gasteiger partial charge in [-0.1, -0.05) is 13.3 Å². The van der Waals surface area contributed by atoms with Gasteiger partial charge in [0.25, 0.3) is 0 Å². The van der Waals surface area contributed by atoms with Crippen LogP contribution < -0.4 is 5.32 Å². The largest absolute Gasteiger partial charge is 0.453 e. The minimum absolute atomic E-state index is 0.302. The number of ether oxygens (including phenoxy) is 1. The number of carbonyl (C=O) groups is 1. The van der Waals surface area contributed by atoms with Crippen LogP contribution in [-0.4, -0.2) is 19.2 Å². The first-order valence-electron chi connectivity index (χ1n) is 4.08. The summed E-state index contributed by atoms with van der Waals surface area (Å²) in [6, 6.07) is 0.336. The second kappa shape index (κ2) is 3.60. The van der Waals surface area contributed by atoms with E-state index in [0.29, 0.717) is 12.0 Å². The van der Waals surface area contributed by atoms with E-state index >= 15 is 0 Å². The zero-order chi connectivity index (χ0) is 8.27. The Morgan fingerprint density at radius 3 is 2.73 bits per heavy atom. The Hall–Kier alpha value is -0.730. The highest BCUT2D eigenvalue weighted by Crippen LogP contribution is 2.24. The average Bonchev–Trinajstić information content (AvgIpc) is 2.37. The van der Waals surface area contributed by atoms with Crippen LogP contribution in [0.15, 0.2) is 0 Å². The molecule has 0 aliphatic heterocycles. The van der Waals surface area contributed by atoms with Crippen molar-refractivity contribution in [1.82, 2.24) is 5.32 Å². The molecule has 1 aliphatic carbocycles. The third kappa shape index (κ3) is 2.10. The highest BCUT2D eigenvalue weighted by Gasteiger charge is 2.24. The van der Waals surface area contributed by atoms with Gasteiger partial charge in [0.05, 0.1) is 7.11 Å². The third-order valence-electron chi connectivity index (χ3n) is 2.35. The summed E-state index contributed by atoms with van der Waals surface area (Å²) in [6.07, 6.45) is 3.23. The first-order chi connectivity index (χ1) is 5.24. The van der Waals surface area contributed by atoms with Crippen molar-refractivity contribution < 1.29 is 9.53 Å². The maximum Gasteiger partial charge on any atom is 0.407 e. The number of rotatable bonds is 1. The normalized spacial score (nSPS) is 30.0. The Morgan fingerprint density at radius 1 is 1.55 bits per heavy atom. The topological polar surface area (TPSA) is 38.3 Å². The Kier molecular flexibility index (Phi) is 2.74. The van der Waals surface area contributed by atoms with Gasteiger partial charge in [0.2, 0.25) is 0 Å². The van der Waals surface area contributed by atoms with E-state index in [0.717, 1.165) is 6.42 Å². The lowest BCUT2D eigenvalue weighted by atomic mass is 10.1. The molecule has 0 aromatic carbocycles. The third-order valence-corrected chi connectivity index (χ3v) is 2.35. The molecule has 0 bridgehead atoms. The lowest BCUT2D eigenvalue weighted by Crippen LogP contribution is -2.36. The molecular weight excluding hydrogens is 142 g/mol. The molecule has 1 amide bonds. The number of hydrogen-bond donors (Lipinski definition) is 1. The molecule has 1 N–H and O–H groups in total. The van der Waals surface area contributed by atoms with Crippen molar-refractivity contribution in [3.63, 3.8) is 0 Å². The number of hydrogen-bond acceptors (Lipinski definition) is 2. The highest BCUT2D eigenvalue weighted by atomic mass is 16.5. The number of carbonyl (C=O) groups excluding carboxylic acids is 1. The van der Waals surface area contributed by atoms with Gasteiger partial charge in [0, 0.05) is 6.04 Å². The Labute approximate surface area is 67.1 Å². The van der Waals surface area contributed by atoms with Crippen molar-refractivity contribution >= 4 is 6.09 Å². The number of methoxy groups -OCH3 is 1. The second-order valence-corrected chi connectivity index (χ2v) is 3.15. The van der Waals surface area contributed by atoms with Gasteiger partial charge in [-0.2, -0.15) is 0 Å². The molecule has 1 fully saturated rings. The van der Waals surface area contributed by atoms with E-state index < -0.39 is 0 Å². The molecular formula is C8H15NO2. The van der Waals surface area contributed by atoms with Gasteiger partial charge in [0.1, 0.15) is 0 Å². The number of nitrogens with one attached hydrogen (secondary N) is 1. The molecule has 0 saturated heterocycles. The van der Waals surface area contributed by atoms with E-state index in [1.807, 2.05) is 0 Å². The average molecular weight is 157 g/mol. The van der Waals surface area contributed by atoms with Crippen LogP contribution in [0.1, 0.15) is 26.2 Å². The van der Waals surface area contributed by atoms with Gasteiger partial charge in [0.15, 0.2) is 0 Å². The molecule has 0 aromatic rings. The lowest BCUT2D eigenvalue weighted by molar-refractivity contribution is 0.164. The quantitative estimate of drug-likeness (QED) is 0.627. The first-order valence-corrected chi connectivity index (χ1v) is 4.08. The summed E-state index contributed by atoms with van der Waals surface area (Å²) in [7, 11) is 1.40. The van der Waals surface area contributed by atoms with Crippen LogP contribution in [0, 0.1) is 5.92 Å². The first kappa shape index (κ1) is 8.37. The van der Waals surface area contributed by atoms with Crippen LogP contribution >= 0.6 is 0 Å². The van der Waals surface area contributed by atoms with Gasteiger partial charge in [-0.25, -0.2) is 4.79 Å². The van der Waals surface area contributed by atoms with E-state index in [9.17, 15) is 4.79 Å². The smallest absolute Gasteiger partial charge is 0.407 e. The lowest BCUT2D eigenvalue weighted by Gasteiger charge is -2.15. The van der Waals surface area contributed by atoms with Crippen molar-refractivity contribution in [3.8, 4) is 0 Å². The van der Waals surface area contributed by atoms with Crippen molar-refractivity contribution in [3.05, 3.63) is 0 Å². The molecule has 0 heterocycles. The molecule has 2 atom stereocenters. The minimum atomic E-state index is -0.302. The number of amides is 1. The van der Waals surface area contributed by atoms with Gasteiger partial charge in [-0.15, -0.1) is 0 Å². The fourth-order valence-electron chi connectivity index (χ4n) is 1.57. The van der Waals surface area contributed by atoms with Crippen LogP contribution in [0.4, 0.5) is 4.79 Å². The van der Waals surface area contributed by atoms with E-state index in [-0.39, 0.29) is 6.09 Å². The maximum absolute atomic E-state index is 10.8. The summed E-state index contributed by atoms with van der Waals surface area (Å²) in [5.74, 6) is 0.606. The predicted molar refractivity (Wildman–Crippen MR) is 42.3 cm³/mol. The molecule has 0 aromatic heterocycles. The summed E-state index contributed by atoms with van der Waals surface area (Å²) in [5.41, 5.74) is 0. The van der Waals surface area contributed by atoms with E-state index in [4.69, 9.17) is 0 Å². The maximum atomic E-state index is 10.8. The standard InChI is InChI=1S/C8H15NO2/c1-6-4-3-5-7(6)9-8(10)11-2/h6-7H,3-5H2,1-2H3,(H,9,10)/t6-,7-/m1/s1. The fourth-order valence-corrected chi connectivity index (χ4v) is 1.57. The van der Waals surface area contributed by atoms with E-state index in [1.165, 1.54) is 20.0 Å². The highest BCUT2D eigenvalue weighted by molar-refractivity contribution is 5.67. The monoisotopic (exact) mass is 157 g/mol. The van der Waals surface area contributed by atoms with E-state index in [1.54, 1.807) is 0 Å². The van der Waals surface area contributed by atoms with Gasteiger partial charge in [-0.3, -0.25) is 0 Å². The molecule has 0 spiro atoms. The van der Waals surface area contributed by atoms with Crippen LogP contribution in [-0.2, 0) is 4.74 Å². The van der Waals surface area contributed by atoms with Gasteiger partial charge >= 0.3 is 6.09 Å². The molecule has 1 aliphatic rings. The molecule has 11 heavy (non-hydrogen) atoms. The van der Waals surface area contributed by atoms with Crippen molar-refractivity contribution in [1.29, 1.82) is 0 Å². The fraction of sp³-hybridized carbons (Fsp3) is 0.875. The second-order valence-electron chi connectivity index (χ2n) is 3.15. The summed E-state index contributed by atoms with van der Waals surface area (Å²) in [6.45, 7) is 2.16. The van der Waals surface area contributed by atoms with Crippen molar-refractivity contribution in [2.24, 2.45) is 5.92 Å². The Balaban J connectivity index is 2.30. The van der Waals surface area contributed by atoms with E-state index in [2.05, 4.69) is 17.0 Å². The SMILES string of the molecule is COC(=O)N[C@@H]1CCC[C@H]1C. The summed E-state index contributed by atoms with van der Waals surface area (Å²) in [5, 5.41) is 2.82. The van der Waals surface area contributed by atoms with Crippen molar-refractivity contribution in [2.75, 3.05) is 7.11 Å². The summed E-state index contributed by atoms with van der Waals surface area (Å²) < 4.78 is 4.51. The van der Waals surface area contributed by atoms with Crippen LogP contribution in [0.25, 0.3) is 0 Å². The van der Waals surface area contributed by atoms with Gasteiger partial charge < -0.3 is 10.1 Å². The molecule has 1 saturated carbocycles. The Morgan fingerprint density at radius 2 is 2.27 bits per heavy atom. The summed E-state index contributed by atoms with van der Waals surface area (Å²) in [4.78, 5) is 10.8. The predicted octanol–water partition coefficient (Wildman–Crippen LogP) is 1.53. The molecule has 3 nitrogen and oxygen atoms in total.